The fourth-order valence-corrected chi connectivity index (χ4v) is 3.90. The van der Waals surface area contributed by atoms with Crippen LogP contribution in [0.5, 0.6) is 0 Å². The number of nitrogens with one attached hydrogen (secondary N) is 1. The molecule has 0 aliphatic carbocycles. The molecule has 2 aliphatic heterocycles. The van der Waals surface area contributed by atoms with Gasteiger partial charge >= 0.3 is 12.1 Å². The highest BCUT2D eigenvalue weighted by molar-refractivity contribution is 6.06. The van der Waals surface area contributed by atoms with Crippen LogP contribution < -0.4 is 15.1 Å². The van der Waals surface area contributed by atoms with Crippen molar-refractivity contribution in [2.45, 2.75) is 58.3 Å². The first-order chi connectivity index (χ1) is 16.1. The highest BCUT2D eigenvalue weighted by atomic mass is 19.4. The number of hydrogen-bond donors (Lipinski definition) is 2. The van der Waals surface area contributed by atoms with Crippen molar-refractivity contribution < 1.29 is 27.9 Å². The van der Waals surface area contributed by atoms with Gasteiger partial charge in [-0.1, -0.05) is 36.8 Å². The van der Waals surface area contributed by atoms with Gasteiger partial charge in [-0.15, -0.1) is 0 Å². The lowest BCUT2D eigenvalue weighted by atomic mass is 10.1. The van der Waals surface area contributed by atoms with Gasteiger partial charge in [0.25, 0.3) is 0 Å². The number of carboxylic acids is 1. The van der Waals surface area contributed by atoms with Crippen LogP contribution in [-0.4, -0.2) is 52.3 Å². The molecule has 8 nitrogen and oxygen atoms in total. The molecular formula is C23H28F3N5O3. The van der Waals surface area contributed by atoms with Gasteiger partial charge in [-0.3, -0.25) is 9.69 Å². The molecule has 2 aliphatic rings. The molecule has 2 aromatic rings. The maximum atomic E-state index is 13.2. The third-order valence-electron chi connectivity index (χ3n) is 5.72. The lowest BCUT2D eigenvalue weighted by Gasteiger charge is -2.38. The van der Waals surface area contributed by atoms with E-state index in [0.717, 1.165) is 55.2 Å². The number of hydrogen-bond acceptors (Lipinski definition) is 6. The van der Waals surface area contributed by atoms with Gasteiger partial charge in [0.15, 0.2) is 11.6 Å². The molecule has 1 amide bonds. The maximum absolute atomic E-state index is 13.2. The van der Waals surface area contributed by atoms with Gasteiger partial charge in [0, 0.05) is 13.1 Å². The SMILES string of the molecule is CCC1Nc2ncnc(N3CCCCC3)c2N(Cc2ccc(C)cc2)C1=O.O=C(O)C(F)(F)F. The number of aliphatic carboxylic acids is 1. The zero-order chi connectivity index (χ0) is 24.9. The second-order valence-electron chi connectivity index (χ2n) is 8.26. The highest BCUT2D eigenvalue weighted by Gasteiger charge is 2.38. The number of alkyl halides is 3. The third kappa shape index (κ3) is 5.95. The summed E-state index contributed by atoms with van der Waals surface area (Å²) in [6, 6.07) is 8.12. The lowest BCUT2D eigenvalue weighted by Crippen LogP contribution is -2.48. The summed E-state index contributed by atoms with van der Waals surface area (Å²) in [5.74, 6) is -1.02. The third-order valence-corrected chi connectivity index (χ3v) is 5.72. The summed E-state index contributed by atoms with van der Waals surface area (Å²) in [5.41, 5.74) is 3.16. The molecule has 1 aromatic heterocycles. The molecule has 0 spiro atoms. The summed E-state index contributed by atoms with van der Waals surface area (Å²) < 4.78 is 31.7. The van der Waals surface area contributed by atoms with E-state index in [1.165, 1.54) is 12.0 Å². The minimum atomic E-state index is -5.08. The minimum Gasteiger partial charge on any atom is -0.475 e. The number of anilines is 3. The predicted molar refractivity (Wildman–Crippen MR) is 122 cm³/mol. The van der Waals surface area contributed by atoms with Crippen LogP contribution in [-0.2, 0) is 16.1 Å². The normalized spacial score (nSPS) is 17.9. The van der Waals surface area contributed by atoms with E-state index >= 15 is 0 Å². The van der Waals surface area contributed by atoms with E-state index < -0.39 is 12.1 Å². The first-order valence-electron chi connectivity index (χ1n) is 11.1. The van der Waals surface area contributed by atoms with E-state index in [1.54, 1.807) is 6.33 Å². The van der Waals surface area contributed by atoms with Crippen molar-refractivity contribution in [1.29, 1.82) is 0 Å². The van der Waals surface area contributed by atoms with Gasteiger partial charge < -0.3 is 15.3 Å². The van der Waals surface area contributed by atoms with Crippen LogP contribution in [0.4, 0.5) is 30.5 Å². The first-order valence-corrected chi connectivity index (χ1v) is 11.1. The zero-order valence-electron chi connectivity index (χ0n) is 19.1. The molecule has 1 aromatic carbocycles. The average Bonchev–Trinajstić information content (AvgIpc) is 2.82. The van der Waals surface area contributed by atoms with Crippen LogP contribution in [0, 0.1) is 6.92 Å². The van der Waals surface area contributed by atoms with Gasteiger partial charge in [-0.05, 0) is 38.2 Å². The number of aromatic nitrogens is 2. The van der Waals surface area contributed by atoms with E-state index in [1.807, 2.05) is 11.8 Å². The quantitative estimate of drug-likeness (QED) is 0.680. The second kappa shape index (κ2) is 10.7. The van der Waals surface area contributed by atoms with Crippen LogP contribution in [0.25, 0.3) is 0 Å². The van der Waals surface area contributed by atoms with Crippen LogP contribution in [0.3, 0.4) is 0 Å². The van der Waals surface area contributed by atoms with Crippen LogP contribution in [0.15, 0.2) is 30.6 Å². The number of carbonyl (C=O) groups is 2. The molecule has 2 N–H and O–H groups in total. The van der Waals surface area contributed by atoms with E-state index in [2.05, 4.69) is 51.4 Å². The Morgan fingerprint density at radius 2 is 1.76 bits per heavy atom. The van der Waals surface area contributed by atoms with Crippen LogP contribution >= 0.6 is 0 Å². The Hall–Kier alpha value is -3.37. The van der Waals surface area contributed by atoms with Crippen molar-refractivity contribution >= 4 is 29.2 Å². The molecule has 1 fully saturated rings. The van der Waals surface area contributed by atoms with Crippen molar-refractivity contribution in [1.82, 2.24) is 9.97 Å². The number of benzene rings is 1. The molecule has 3 heterocycles. The Bertz CT molecular complexity index is 1010. The lowest BCUT2D eigenvalue weighted by molar-refractivity contribution is -0.192. The fraction of sp³-hybridized carbons (Fsp3) is 0.478. The molecule has 1 unspecified atom stereocenters. The average molecular weight is 480 g/mol. The Balaban J connectivity index is 0.000000406. The van der Waals surface area contributed by atoms with Crippen molar-refractivity contribution in [3.05, 3.63) is 41.7 Å². The van der Waals surface area contributed by atoms with Crippen LogP contribution in [0.2, 0.25) is 0 Å². The van der Waals surface area contributed by atoms with E-state index in [0.29, 0.717) is 6.54 Å². The summed E-state index contributed by atoms with van der Waals surface area (Å²) >= 11 is 0. The largest absolute Gasteiger partial charge is 0.490 e. The summed E-state index contributed by atoms with van der Waals surface area (Å²) in [4.78, 5) is 35.4. The monoisotopic (exact) mass is 479 g/mol. The fourth-order valence-electron chi connectivity index (χ4n) is 3.90. The summed E-state index contributed by atoms with van der Waals surface area (Å²) in [6.07, 6.45) is 0.839. The van der Waals surface area contributed by atoms with Gasteiger partial charge in [0.05, 0.1) is 6.54 Å². The molecule has 34 heavy (non-hydrogen) atoms. The predicted octanol–water partition coefficient (Wildman–Crippen LogP) is 4.15. The first kappa shape index (κ1) is 25.3. The Morgan fingerprint density at radius 1 is 1.15 bits per heavy atom. The summed E-state index contributed by atoms with van der Waals surface area (Å²) in [5, 5.41) is 10.5. The number of rotatable bonds is 4. The molecule has 0 bridgehead atoms. The smallest absolute Gasteiger partial charge is 0.475 e. The van der Waals surface area contributed by atoms with Crippen molar-refractivity contribution in [2.24, 2.45) is 0 Å². The molecule has 1 saturated heterocycles. The second-order valence-corrected chi connectivity index (χ2v) is 8.26. The topological polar surface area (TPSA) is 98.7 Å². The number of carboxylic acid groups (broad SMARTS) is 1. The molecular weight excluding hydrogens is 451 g/mol. The van der Waals surface area contributed by atoms with E-state index in [9.17, 15) is 18.0 Å². The summed E-state index contributed by atoms with van der Waals surface area (Å²) in [7, 11) is 0. The number of piperidine rings is 1. The number of carbonyl (C=O) groups excluding carboxylic acids is 1. The minimum absolute atomic E-state index is 0.0960. The van der Waals surface area contributed by atoms with Crippen molar-refractivity contribution in [3.63, 3.8) is 0 Å². The van der Waals surface area contributed by atoms with Crippen molar-refractivity contribution in [2.75, 3.05) is 28.2 Å². The highest BCUT2D eigenvalue weighted by Crippen LogP contribution is 2.39. The van der Waals surface area contributed by atoms with E-state index in [-0.39, 0.29) is 11.9 Å². The van der Waals surface area contributed by atoms with Crippen LogP contribution in [0.1, 0.15) is 43.7 Å². The van der Waals surface area contributed by atoms with E-state index in [4.69, 9.17) is 9.90 Å². The number of aryl methyl sites for hydroxylation is 1. The zero-order valence-corrected chi connectivity index (χ0v) is 19.1. The Labute approximate surface area is 195 Å². The van der Waals surface area contributed by atoms with Gasteiger partial charge in [0.1, 0.15) is 18.1 Å². The Kier molecular flexibility index (Phi) is 7.95. The number of nitrogens with zero attached hydrogens (tertiary/aromatic N) is 4. The standard InChI is InChI=1S/C21H27N5O.C2HF3O2/c1-3-17-21(27)26(13-16-9-7-15(2)8-10-16)18-19(24-17)22-14-23-20(18)25-11-5-4-6-12-25;3-2(4,5)1(6)7/h7-10,14,17H,3-6,11-13H2,1-2H3,(H,22,23,24);(H,6,7). The molecule has 11 heteroatoms. The number of fused-ring (bicyclic) bond motifs is 1. The van der Waals surface area contributed by atoms with Gasteiger partial charge in [0.2, 0.25) is 5.91 Å². The number of halogens is 3. The summed E-state index contributed by atoms with van der Waals surface area (Å²) in [6.45, 7) is 6.60. The van der Waals surface area contributed by atoms with Gasteiger partial charge in [-0.2, -0.15) is 13.2 Å². The maximum Gasteiger partial charge on any atom is 0.490 e. The van der Waals surface area contributed by atoms with Crippen molar-refractivity contribution in [3.8, 4) is 0 Å². The molecule has 1 atom stereocenters. The molecule has 184 valence electrons. The van der Waals surface area contributed by atoms with Gasteiger partial charge in [-0.25, -0.2) is 14.8 Å². The Morgan fingerprint density at radius 3 is 2.32 bits per heavy atom. The molecule has 0 saturated carbocycles. The molecule has 4 rings (SSSR count). The molecule has 0 radical (unpaired) electrons. The number of amides is 1.